The molecule has 0 heterocycles. The molecule has 0 unspecified atom stereocenters. The Morgan fingerprint density at radius 3 is 2.33 bits per heavy atom. The number of hydrogen-bond donors (Lipinski definition) is 2. The molecule has 1 rings (SSSR count). The first-order chi connectivity index (χ1) is 9.56. The van der Waals surface area contributed by atoms with Crippen LogP contribution in [0.15, 0.2) is 12.1 Å². The van der Waals surface area contributed by atoms with Gasteiger partial charge in [-0.05, 0) is 39.3 Å². The minimum Gasteiger partial charge on any atom is -0.481 e. The van der Waals surface area contributed by atoms with E-state index in [0.29, 0.717) is 11.1 Å². The fraction of sp³-hybridized carbons (Fsp3) is 0.429. The standard InChI is InChI=1S/C14H18N2O5/c1-8-5-9(2)11(16(20)21)6-10(8)12(17)15-7-14(3,4)13(18)19/h5-6H,7H2,1-4H3,(H,15,17)(H,18,19). The van der Waals surface area contributed by atoms with E-state index in [1.807, 2.05) is 0 Å². The monoisotopic (exact) mass is 294 g/mol. The Bertz CT molecular complexity index is 608. The van der Waals surface area contributed by atoms with Crippen molar-refractivity contribution in [3.05, 3.63) is 38.9 Å². The van der Waals surface area contributed by atoms with Gasteiger partial charge in [0.25, 0.3) is 11.6 Å². The summed E-state index contributed by atoms with van der Waals surface area (Å²) in [5, 5.41) is 22.4. The Morgan fingerprint density at radius 2 is 1.86 bits per heavy atom. The fourth-order valence-corrected chi connectivity index (χ4v) is 1.75. The van der Waals surface area contributed by atoms with Gasteiger partial charge in [-0.1, -0.05) is 0 Å². The lowest BCUT2D eigenvalue weighted by Crippen LogP contribution is -2.39. The summed E-state index contributed by atoms with van der Waals surface area (Å²) in [5.74, 6) is -1.56. The first kappa shape index (κ1) is 16.6. The van der Waals surface area contributed by atoms with Gasteiger partial charge in [-0.3, -0.25) is 19.7 Å². The molecule has 0 atom stereocenters. The maximum Gasteiger partial charge on any atom is 0.310 e. The summed E-state index contributed by atoms with van der Waals surface area (Å²) in [6, 6.07) is 2.78. The number of carboxylic acid groups (broad SMARTS) is 1. The van der Waals surface area contributed by atoms with Crippen molar-refractivity contribution in [2.45, 2.75) is 27.7 Å². The molecule has 114 valence electrons. The lowest BCUT2D eigenvalue weighted by molar-refractivity contribution is -0.385. The number of benzene rings is 1. The molecule has 21 heavy (non-hydrogen) atoms. The Kier molecular flexibility index (Phi) is 4.67. The Morgan fingerprint density at radius 1 is 1.29 bits per heavy atom. The van der Waals surface area contributed by atoms with Crippen molar-refractivity contribution in [3.63, 3.8) is 0 Å². The van der Waals surface area contributed by atoms with Crippen molar-refractivity contribution in [3.8, 4) is 0 Å². The average Bonchev–Trinajstić information content (AvgIpc) is 2.35. The third-order valence-corrected chi connectivity index (χ3v) is 3.25. The van der Waals surface area contributed by atoms with E-state index in [9.17, 15) is 19.7 Å². The van der Waals surface area contributed by atoms with Crippen LogP contribution in [0.2, 0.25) is 0 Å². The highest BCUT2D eigenvalue weighted by Gasteiger charge is 2.28. The summed E-state index contributed by atoms with van der Waals surface area (Å²) >= 11 is 0. The van der Waals surface area contributed by atoms with Gasteiger partial charge in [-0.2, -0.15) is 0 Å². The summed E-state index contributed by atoms with van der Waals surface area (Å²) < 4.78 is 0. The van der Waals surface area contributed by atoms with Crippen molar-refractivity contribution in [2.24, 2.45) is 5.41 Å². The van der Waals surface area contributed by atoms with E-state index in [-0.39, 0.29) is 17.8 Å². The fourth-order valence-electron chi connectivity index (χ4n) is 1.75. The van der Waals surface area contributed by atoms with Crippen molar-refractivity contribution in [1.82, 2.24) is 5.32 Å². The highest BCUT2D eigenvalue weighted by Crippen LogP contribution is 2.23. The van der Waals surface area contributed by atoms with Gasteiger partial charge in [-0.15, -0.1) is 0 Å². The average molecular weight is 294 g/mol. The third kappa shape index (κ3) is 3.77. The molecule has 1 aromatic carbocycles. The number of nitrogens with one attached hydrogen (secondary N) is 1. The van der Waals surface area contributed by atoms with E-state index < -0.39 is 22.2 Å². The zero-order valence-electron chi connectivity index (χ0n) is 12.4. The number of hydrogen-bond acceptors (Lipinski definition) is 4. The lowest BCUT2D eigenvalue weighted by Gasteiger charge is -2.19. The van der Waals surface area contributed by atoms with E-state index in [2.05, 4.69) is 5.32 Å². The van der Waals surface area contributed by atoms with Crippen LogP contribution < -0.4 is 5.32 Å². The number of aryl methyl sites for hydroxylation is 2. The smallest absolute Gasteiger partial charge is 0.310 e. The van der Waals surface area contributed by atoms with Crippen LogP contribution >= 0.6 is 0 Å². The lowest BCUT2D eigenvalue weighted by atomic mass is 9.93. The molecule has 1 amide bonds. The second-order valence-corrected chi connectivity index (χ2v) is 5.58. The molecule has 0 aliphatic rings. The van der Waals surface area contributed by atoms with Crippen molar-refractivity contribution in [1.29, 1.82) is 0 Å². The minimum atomic E-state index is -1.11. The molecule has 0 radical (unpaired) electrons. The van der Waals surface area contributed by atoms with Crippen LogP contribution in [0.5, 0.6) is 0 Å². The first-order valence-electron chi connectivity index (χ1n) is 6.33. The minimum absolute atomic E-state index is 0.0672. The number of carbonyl (C=O) groups is 2. The molecular formula is C14H18N2O5. The van der Waals surface area contributed by atoms with Crippen LogP contribution in [-0.2, 0) is 4.79 Å². The second-order valence-electron chi connectivity index (χ2n) is 5.58. The number of carbonyl (C=O) groups excluding carboxylic acids is 1. The van der Waals surface area contributed by atoms with Gasteiger partial charge in [-0.25, -0.2) is 0 Å². The molecule has 0 saturated heterocycles. The van der Waals surface area contributed by atoms with Gasteiger partial charge in [0.15, 0.2) is 0 Å². The molecule has 2 N–H and O–H groups in total. The zero-order chi connectivity index (χ0) is 16.4. The largest absolute Gasteiger partial charge is 0.481 e. The number of nitro benzene ring substituents is 1. The quantitative estimate of drug-likeness (QED) is 0.638. The van der Waals surface area contributed by atoms with Gasteiger partial charge in [0, 0.05) is 23.7 Å². The first-order valence-corrected chi connectivity index (χ1v) is 6.33. The van der Waals surface area contributed by atoms with Gasteiger partial charge in [0.2, 0.25) is 0 Å². The summed E-state index contributed by atoms with van der Waals surface area (Å²) in [5.41, 5.74) is 0.000546. The highest BCUT2D eigenvalue weighted by molar-refractivity contribution is 5.96. The molecule has 7 heteroatoms. The molecule has 0 saturated carbocycles. The number of amides is 1. The molecule has 7 nitrogen and oxygen atoms in total. The van der Waals surface area contributed by atoms with Crippen LogP contribution in [0.3, 0.4) is 0 Å². The number of carboxylic acids is 1. The Hall–Kier alpha value is -2.44. The van der Waals surface area contributed by atoms with Gasteiger partial charge >= 0.3 is 5.97 Å². The number of nitrogens with zero attached hydrogens (tertiary/aromatic N) is 1. The van der Waals surface area contributed by atoms with Crippen LogP contribution in [0.4, 0.5) is 5.69 Å². The Labute approximate surface area is 122 Å². The van der Waals surface area contributed by atoms with Gasteiger partial charge < -0.3 is 10.4 Å². The van der Waals surface area contributed by atoms with Crippen LogP contribution in [-0.4, -0.2) is 28.5 Å². The molecular weight excluding hydrogens is 276 g/mol. The SMILES string of the molecule is Cc1cc(C)c([N+](=O)[O-])cc1C(=O)NCC(C)(C)C(=O)O. The summed E-state index contributed by atoms with van der Waals surface area (Å²) in [6.07, 6.45) is 0. The molecule has 0 spiro atoms. The van der Waals surface area contributed by atoms with Crippen LogP contribution in [0.25, 0.3) is 0 Å². The predicted octanol–water partition coefficient (Wildman–Crippen LogP) is 2.05. The maximum absolute atomic E-state index is 12.1. The second kappa shape index (κ2) is 5.90. The number of rotatable bonds is 5. The van der Waals surface area contributed by atoms with Gasteiger partial charge in [0.1, 0.15) is 0 Å². The number of nitro groups is 1. The van der Waals surface area contributed by atoms with E-state index in [1.165, 1.54) is 19.9 Å². The molecule has 0 aliphatic carbocycles. The van der Waals surface area contributed by atoms with E-state index in [0.717, 1.165) is 0 Å². The predicted molar refractivity (Wildman–Crippen MR) is 76.3 cm³/mol. The molecule has 0 aliphatic heterocycles. The van der Waals surface area contributed by atoms with Crippen LogP contribution in [0.1, 0.15) is 35.3 Å². The summed E-state index contributed by atoms with van der Waals surface area (Å²) in [7, 11) is 0. The summed E-state index contributed by atoms with van der Waals surface area (Å²) in [6.45, 7) is 6.18. The zero-order valence-corrected chi connectivity index (χ0v) is 12.4. The van der Waals surface area contributed by atoms with E-state index >= 15 is 0 Å². The van der Waals surface area contributed by atoms with Crippen molar-refractivity contribution >= 4 is 17.6 Å². The molecule has 0 aromatic heterocycles. The normalized spacial score (nSPS) is 11.0. The maximum atomic E-state index is 12.1. The molecule has 1 aromatic rings. The van der Waals surface area contributed by atoms with Crippen molar-refractivity contribution < 1.29 is 19.6 Å². The van der Waals surface area contributed by atoms with Gasteiger partial charge in [0.05, 0.1) is 10.3 Å². The Balaban J connectivity index is 3.01. The van der Waals surface area contributed by atoms with E-state index in [4.69, 9.17) is 5.11 Å². The third-order valence-electron chi connectivity index (χ3n) is 3.25. The summed E-state index contributed by atoms with van der Waals surface area (Å²) in [4.78, 5) is 33.4. The van der Waals surface area contributed by atoms with Crippen molar-refractivity contribution in [2.75, 3.05) is 6.54 Å². The molecule has 0 fully saturated rings. The number of aliphatic carboxylic acids is 1. The molecule has 0 bridgehead atoms. The topological polar surface area (TPSA) is 110 Å². The van der Waals surface area contributed by atoms with Crippen LogP contribution in [0, 0.1) is 29.4 Å². The van der Waals surface area contributed by atoms with E-state index in [1.54, 1.807) is 19.9 Å². The highest BCUT2D eigenvalue weighted by atomic mass is 16.6.